The van der Waals surface area contributed by atoms with E-state index >= 15 is 0 Å². The Kier molecular flexibility index (Phi) is 5.02. The van der Waals surface area contributed by atoms with Gasteiger partial charge in [-0.1, -0.05) is 19.1 Å². The van der Waals surface area contributed by atoms with Crippen LogP contribution < -0.4 is 10.5 Å². The fraction of sp³-hybridized carbons (Fsp3) is 0.333. The van der Waals surface area contributed by atoms with Crippen molar-refractivity contribution in [1.29, 1.82) is 0 Å². The molecule has 2 unspecified atom stereocenters. The topological polar surface area (TPSA) is 35.2 Å². The van der Waals surface area contributed by atoms with E-state index in [1.165, 1.54) is 5.56 Å². The van der Waals surface area contributed by atoms with Crippen LogP contribution in [0.1, 0.15) is 29.9 Å². The zero-order valence-electron chi connectivity index (χ0n) is 11.1. The van der Waals surface area contributed by atoms with Crippen LogP contribution in [-0.4, -0.2) is 6.04 Å². The standard InChI is InChI=1S/C15H18BrNOS/c1-3-12(17)15(13-7-8-14(16)19-13)18-11-6-4-5-10(2)9-11/h4-9,12,15H,3,17H2,1-2H3. The minimum absolute atomic E-state index is 0.00828. The van der Waals surface area contributed by atoms with Crippen LogP contribution in [0.25, 0.3) is 0 Å². The summed E-state index contributed by atoms with van der Waals surface area (Å²) in [5, 5.41) is 0. The number of hydrogen-bond acceptors (Lipinski definition) is 3. The maximum Gasteiger partial charge on any atom is 0.148 e. The van der Waals surface area contributed by atoms with Crippen molar-refractivity contribution in [3.8, 4) is 5.75 Å². The molecule has 2 aromatic rings. The maximum absolute atomic E-state index is 6.21. The van der Waals surface area contributed by atoms with Gasteiger partial charge in [-0.2, -0.15) is 0 Å². The highest BCUT2D eigenvalue weighted by Crippen LogP contribution is 2.33. The van der Waals surface area contributed by atoms with Crippen LogP contribution in [-0.2, 0) is 0 Å². The first kappa shape index (κ1) is 14.6. The Labute approximate surface area is 126 Å². The predicted octanol–water partition coefficient (Wildman–Crippen LogP) is 4.68. The summed E-state index contributed by atoms with van der Waals surface area (Å²) in [6.07, 6.45) is 0.787. The van der Waals surface area contributed by atoms with Crippen molar-refractivity contribution >= 4 is 27.3 Å². The maximum atomic E-state index is 6.21. The molecule has 0 radical (unpaired) electrons. The van der Waals surface area contributed by atoms with Gasteiger partial charge in [0.2, 0.25) is 0 Å². The Morgan fingerprint density at radius 2 is 2.11 bits per heavy atom. The first-order chi connectivity index (χ1) is 9.10. The molecule has 102 valence electrons. The molecule has 1 heterocycles. The second-order valence-corrected chi connectivity index (χ2v) is 7.06. The third-order valence-electron chi connectivity index (χ3n) is 2.99. The molecule has 2 rings (SSSR count). The lowest BCUT2D eigenvalue weighted by Crippen LogP contribution is -2.30. The predicted molar refractivity (Wildman–Crippen MR) is 84.8 cm³/mol. The second-order valence-electron chi connectivity index (χ2n) is 4.57. The van der Waals surface area contributed by atoms with Gasteiger partial charge in [-0.25, -0.2) is 0 Å². The molecule has 0 saturated heterocycles. The number of nitrogens with two attached hydrogens (primary N) is 1. The number of thiophene rings is 1. The number of benzene rings is 1. The molecule has 2 nitrogen and oxygen atoms in total. The lowest BCUT2D eigenvalue weighted by molar-refractivity contribution is 0.174. The molecule has 2 N–H and O–H groups in total. The van der Waals surface area contributed by atoms with E-state index in [1.54, 1.807) is 11.3 Å². The van der Waals surface area contributed by atoms with Crippen molar-refractivity contribution in [3.05, 3.63) is 50.6 Å². The average molecular weight is 340 g/mol. The van der Waals surface area contributed by atoms with Gasteiger partial charge in [-0.3, -0.25) is 0 Å². The van der Waals surface area contributed by atoms with Crippen LogP contribution in [0.15, 0.2) is 40.2 Å². The zero-order valence-corrected chi connectivity index (χ0v) is 13.5. The Morgan fingerprint density at radius 1 is 1.32 bits per heavy atom. The minimum atomic E-state index is -0.0944. The van der Waals surface area contributed by atoms with Gasteiger partial charge in [-0.05, 0) is 59.1 Å². The van der Waals surface area contributed by atoms with E-state index in [4.69, 9.17) is 10.5 Å². The van der Waals surface area contributed by atoms with Crippen LogP contribution >= 0.6 is 27.3 Å². The van der Waals surface area contributed by atoms with Gasteiger partial charge >= 0.3 is 0 Å². The summed E-state index contributed by atoms with van der Waals surface area (Å²) in [6, 6.07) is 12.2. The van der Waals surface area contributed by atoms with Crippen molar-refractivity contribution in [2.75, 3.05) is 0 Å². The van der Waals surface area contributed by atoms with Crippen LogP contribution in [0.2, 0.25) is 0 Å². The Bertz CT molecular complexity index is 540. The van der Waals surface area contributed by atoms with Gasteiger partial charge in [0.05, 0.1) is 3.79 Å². The highest BCUT2D eigenvalue weighted by molar-refractivity contribution is 9.11. The lowest BCUT2D eigenvalue weighted by Gasteiger charge is -2.23. The third kappa shape index (κ3) is 3.81. The Morgan fingerprint density at radius 3 is 2.68 bits per heavy atom. The molecule has 0 saturated carbocycles. The van der Waals surface area contributed by atoms with Gasteiger partial charge in [-0.15, -0.1) is 11.3 Å². The molecule has 0 aliphatic heterocycles. The van der Waals surface area contributed by atoms with Crippen molar-refractivity contribution in [3.63, 3.8) is 0 Å². The van der Waals surface area contributed by atoms with E-state index in [0.717, 1.165) is 20.8 Å². The van der Waals surface area contributed by atoms with E-state index in [1.807, 2.05) is 24.3 Å². The molecule has 0 spiro atoms. The molecule has 4 heteroatoms. The molecule has 0 amide bonds. The highest BCUT2D eigenvalue weighted by atomic mass is 79.9. The third-order valence-corrected chi connectivity index (χ3v) is 4.67. The fourth-order valence-electron chi connectivity index (χ4n) is 1.89. The first-order valence-electron chi connectivity index (χ1n) is 6.34. The normalized spacial score (nSPS) is 14.1. The second kappa shape index (κ2) is 6.55. The smallest absolute Gasteiger partial charge is 0.148 e. The first-order valence-corrected chi connectivity index (χ1v) is 7.95. The van der Waals surface area contributed by atoms with E-state index in [0.29, 0.717) is 0 Å². The highest BCUT2D eigenvalue weighted by Gasteiger charge is 2.22. The quantitative estimate of drug-likeness (QED) is 0.858. The van der Waals surface area contributed by atoms with Crippen LogP contribution in [0.4, 0.5) is 0 Å². The molecule has 1 aromatic heterocycles. The number of hydrogen-bond donors (Lipinski definition) is 1. The van der Waals surface area contributed by atoms with Gasteiger partial charge in [0.15, 0.2) is 0 Å². The molecule has 0 aliphatic rings. The molecule has 2 atom stereocenters. The monoisotopic (exact) mass is 339 g/mol. The number of halogens is 1. The summed E-state index contributed by atoms with van der Waals surface area (Å²) < 4.78 is 7.21. The molecular formula is C15H18BrNOS. The van der Waals surface area contributed by atoms with Crippen molar-refractivity contribution in [2.45, 2.75) is 32.4 Å². The number of aryl methyl sites for hydroxylation is 1. The van der Waals surface area contributed by atoms with E-state index in [9.17, 15) is 0 Å². The summed E-state index contributed by atoms with van der Waals surface area (Å²) >= 11 is 5.17. The van der Waals surface area contributed by atoms with Crippen molar-refractivity contribution in [1.82, 2.24) is 0 Å². The summed E-state index contributed by atoms with van der Waals surface area (Å²) in [7, 11) is 0. The van der Waals surface area contributed by atoms with Crippen LogP contribution in [0.5, 0.6) is 5.75 Å². The SMILES string of the molecule is CCC(N)C(Oc1cccc(C)c1)c1ccc(Br)s1. The molecule has 19 heavy (non-hydrogen) atoms. The fourth-order valence-corrected chi connectivity index (χ4v) is 3.42. The summed E-state index contributed by atoms with van der Waals surface area (Å²) in [4.78, 5) is 1.16. The molecule has 0 bridgehead atoms. The number of ether oxygens (including phenoxy) is 1. The number of rotatable bonds is 5. The van der Waals surface area contributed by atoms with Gasteiger partial charge in [0, 0.05) is 10.9 Å². The van der Waals surface area contributed by atoms with E-state index in [-0.39, 0.29) is 12.1 Å². The van der Waals surface area contributed by atoms with Gasteiger partial charge in [0.25, 0.3) is 0 Å². The van der Waals surface area contributed by atoms with Crippen molar-refractivity contribution < 1.29 is 4.74 Å². The molecular weight excluding hydrogens is 322 g/mol. The molecule has 0 fully saturated rings. The van der Waals surface area contributed by atoms with Gasteiger partial charge in [0.1, 0.15) is 11.9 Å². The summed E-state index contributed by atoms with van der Waals surface area (Å²) in [5.74, 6) is 0.874. The van der Waals surface area contributed by atoms with E-state index in [2.05, 4.69) is 41.9 Å². The minimum Gasteiger partial charge on any atom is -0.483 e. The average Bonchev–Trinajstić information content (AvgIpc) is 2.81. The Hall–Kier alpha value is -0.840. The zero-order chi connectivity index (χ0) is 13.8. The lowest BCUT2D eigenvalue weighted by atomic mass is 10.1. The largest absolute Gasteiger partial charge is 0.483 e. The Balaban J connectivity index is 2.24. The van der Waals surface area contributed by atoms with Crippen LogP contribution in [0.3, 0.4) is 0 Å². The van der Waals surface area contributed by atoms with Gasteiger partial charge < -0.3 is 10.5 Å². The van der Waals surface area contributed by atoms with Crippen LogP contribution in [0, 0.1) is 6.92 Å². The van der Waals surface area contributed by atoms with Crippen molar-refractivity contribution in [2.24, 2.45) is 5.73 Å². The van der Waals surface area contributed by atoms with E-state index < -0.39 is 0 Å². The molecule has 1 aromatic carbocycles. The molecule has 0 aliphatic carbocycles. The summed E-state index contributed by atoms with van der Waals surface area (Å²) in [6.45, 7) is 4.14. The summed E-state index contributed by atoms with van der Waals surface area (Å²) in [5.41, 5.74) is 7.40.